The average molecular weight is 472 g/mol. The first-order valence-corrected chi connectivity index (χ1v) is 11.8. The number of rotatable bonds is 7. The fourth-order valence-electron chi connectivity index (χ4n) is 4.51. The topological polar surface area (TPSA) is 91.3 Å². The van der Waals surface area contributed by atoms with Crippen LogP contribution in [0.25, 0.3) is 0 Å². The molecule has 0 atom stereocenters. The van der Waals surface area contributed by atoms with Crippen LogP contribution in [0.5, 0.6) is 0 Å². The lowest BCUT2D eigenvalue weighted by atomic mass is 9.96. The first-order chi connectivity index (χ1) is 16.9. The lowest BCUT2D eigenvalue weighted by Crippen LogP contribution is -2.49. The largest absolute Gasteiger partial charge is 0.355 e. The molecule has 2 heterocycles. The van der Waals surface area contributed by atoms with Crippen molar-refractivity contribution < 1.29 is 4.79 Å². The van der Waals surface area contributed by atoms with Crippen molar-refractivity contribution in [2.24, 2.45) is 14.1 Å². The van der Waals surface area contributed by atoms with Crippen LogP contribution >= 0.6 is 0 Å². The predicted octanol–water partition coefficient (Wildman–Crippen LogP) is 1.94. The van der Waals surface area contributed by atoms with Gasteiger partial charge in [-0.2, -0.15) is 5.26 Å². The molecule has 0 spiro atoms. The number of hydrogen-bond acceptors (Lipinski definition) is 6. The van der Waals surface area contributed by atoms with E-state index >= 15 is 0 Å². The van der Waals surface area contributed by atoms with Crippen LogP contribution < -0.4 is 16.1 Å². The number of anilines is 1. The zero-order valence-electron chi connectivity index (χ0n) is 20.1. The summed E-state index contributed by atoms with van der Waals surface area (Å²) in [7, 11) is 3.17. The van der Waals surface area contributed by atoms with E-state index in [0.29, 0.717) is 22.5 Å². The minimum absolute atomic E-state index is 0.0831. The Morgan fingerprint density at radius 1 is 0.914 bits per heavy atom. The minimum Gasteiger partial charge on any atom is -0.355 e. The Labute approximate surface area is 204 Å². The van der Waals surface area contributed by atoms with Crippen LogP contribution in [0.3, 0.4) is 0 Å². The Kier molecular flexibility index (Phi) is 7.28. The number of ketones is 1. The van der Waals surface area contributed by atoms with Crippen molar-refractivity contribution >= 4 is 11.6 Å². The third kappa shape index (κ3) is 5.26. The first-order valence-electron chi connectivity index (χ1n) is 11.8. The summed E-state index contributed by atoms with van der Waals surface area (Å²) in [6, 6.07) is 18.2. The van der Waals surface area contributed by atoms with Crippen LogP contribution in [0, 0.1) is 11.3 Å². The number of benzene rings is 2. The van der Waals surface area contributed by atoms with E-state index in [9.17, 15) is 19.6 Å². The van der Waals surface area contributed by atoms with Gasteiger partial charge >= 0.3 is 5.69 Å². The van der Waals surface area contributed by atoms with Gasteiger partial charge in [0.15, 0.2) is 5.78 Å². The lowest BCUT2D eigenvalue weighted by Gasteiger charge is -2.36. The number of aromatic nitrogens is 2. The Bertz CT molecular complexity index is 1380. The molecule has 1 fully saturated rings. The van der Waals surface area contributed by atoms with Gasteiger partial charge in [-0.25, -0.2) is 4.79 Å². The second-order valence-corrected chi connectivity index (χ2v) is 8.85. The van der Waals surface area contributed by atoms with E-state index in [1.165, 1.54) is 17.7 Å². The molecule has 0 saturated carbocycles. The molecule has 1 saturated heterocycles. The molecule has 2 aromatic carbocycles. The lowest BCUT2D eigenvalue weighted by molar-refractivity contribution is 0.103. The Hall–Kier alpha value is -3.96. The molecule has 3 aromatic rings. The maximum absolute atomic E-state index is 12.7. The molecule has 0 aliphatic carbocycles. The summed E-state index contributed by atoms with van der Waals surface area (Å²) in [6.07, 6.45) is 1.65. The quantitative estimate of drug-likeness (QED) is 0.489. The molecule has 180 valence electrons. The standard InChI is InChI=1S/C27H29N5O3/c1-29-24(18-25(33)30(2)27(29)35)32-15-13-31(14-16-32)12-6-9-20-10-11-22(17-23(20)19-28)26(34)21-7-4-3-5-8-21/h3-5,7-8,10-11,17-18H,6,9,12-16H2,1-2H3. The van der Waals surface area contributed by atoms with Gasteiger partial charge in [0.1, 0.15) is 5.82 Å². The molecule has 0 radical (unpaired) electrons. The summed E-state index contributed by atoms with van der Waals surface area (Å²) in [6.45, 7) is 4.03. The van der Waals surface area contributed by atoms with E-state index in [1.54, 1.807) is 31.3 Å². The van der Waals surface area contributed by atoms with Crippen molar-refractivity contribution in [1.29, 1.82) is 5.26 Å². The molecule has 1 aromatic heterocycles. The van der Waals surface area contributed by atoms with Crippen molar-refractivity contribution in [3.63, 3.8) is 0 Å². The third-order valence-corrected chi connectivity index (χ3v) is 6.65. The maximum Gasteiger partial charge on any atom is 0.332 e. The van der Waals surface area contributed by atoms with Crippen molar-refractivity contribution in [2.45, 2.75) is 12.8 Å². The number of carbonyl (C=O) groups excluding carboxylic acids is 1. The number of piperazine rings is 1. The van der Waals surface area contributed by atoms with Gasteiger partial charge in [-0.3, -0.25) is 23.6 Å². The molecule has 8 heteroatoms. The number of hydrogen-bond donors (Lipinski definition) is 0. The van der Waals surface area contributed by atoms with E-state index in [-0.39, 0.29) is 17.0 Å². The van der Waals surface area contributed by atoms with Crippen LogP contribution in [0.4, 0.5) is 5.82 Å². The summed E-state index contributed by atoms with van der Waals surface area (Å²) in [5.74, 6) is 0.571. The molecular formula is C27H29N5O3. The molecule has 1 aliphatic heterocycles. The highest BCUT2D eigenvalue weighted by Crippen LogP contribution is 2.18. The number of aryl methyl sites for hydroxylation is 1. The summed E-state index contributed by atoms with van der Waals surface area (Å²) < 4.78 is 2.63. The smallest absolute Gasteiger partial charge is 0.332 e. The maximum atomic E-state index is 12.7. The van der Waals surface area contributed by atoms with Gasteiger partial charge in [-0.1, -0.05) is 42.5 Å². The van der Waals surface area contributed by atoms with Crippen LogP contribution in [0.2, 0.25) is 0 Å². The fraction of sp³-hybridized carbons (Fsp3) is 0.333. The second kappa shape index (κ2) is 10.5. The Morgan fingerprint density at radius 2 is 1.63 bits per heavy atom. The van der Waals surface area contributed by atoms with Crippen LogP contribution in [0.1, 0.15) is 33.5 Å². The average Bonchev–Trinajstić information content (AvgIpc) is 2.90. The number of nitriles is 1. The monoisotopic (exact) mass is 471 g/mol. The molecular weight excluding hydrogens is 442 g/mol. The molecule has 0 bridgehead atoms. The third-order valence-electron chi connectivity index (χ3n) is 6.65. The van der Waals surface area contributed by atoms with E-state index in [0.717, 1.165) is 55.7 Å². The number of carbonyl (C=O) groups is 1. The fourth-order valence-corrected chi connectivity index (χ4v) is 4.51. The zero-order chi connectivity index (χ0) is 24.9. The first kappa shape index (κ1) is 24.2. The summed E-state index contributed by atoms with van der Waals surface area (Å²) in [5.41, 5.74) is 2.01. The van der Waals surface area contributed by atoms with Gasteiger partial charge < -0.3 is 4.90 Å². The summed E-state index contributed by atoms with van der Waals surface area (Å²) in [4.78, 5) is 41.4. The zero-order valence-corrected chi connectivity index (χ0v) is 20.1. The van der Waals surface area contributed by atoms with Crippen LogP contribution in [-0.4, -0.2) is 52.5 Å². The minimum atomic E-state index is -0.320. The van der Waals surface area contributed by atoms with E-state index < -0.39 is 0 Å². The van der Waals surface area contributed by atoms with E-state index in [2.05, 4.69) is 15.9 Å². The summed E-state index contributed by atoms with van der Waals surface area (Å²) in [5, 5.41) is 9.63. The molecule has 8 nitrogen and oxygen atoms in total. The second-order valence-electron chi connectivity index (χ2n) is 8.85. The van der Waals surface area contributed by atoms with Crippen LogP contribution in [0.15, 0.2) is 64.2 Å². The highest BCUT2D eigenvalue weighted by molar-refractivity contribution is 6.09. The molecule has 0 N–H and O–H groups in total. The van der Waals surface area contributed by atoms with Crippen molar-refractivity contribution in [3.05, 3.63) is 97.7 Å². The van der Waals surface area contributed by atoms with Gasteiger partial charge in [-0.05, 0) is 31.0 Å². The molecule has 4 rings (SSSR count). The molecule has 35 heavy (non-hydrogen) atoms. The molecule has 0 unspecified atom stereocenters. The molecule has 1 aliphatic rings. The van der Waals surface area contributed by atoms with Crippen molar-refractivity contribution in [1.82, 2.24) is 14.0 Å². The van der Waals surface area contributed by atoms with Gasteiger partial charge in [0, 0.05) is 57.5 Å². The highest BCUT2D eigenvalue weighted by atomic mass is 16.2. The van der Waals surface area contributed by atoms with Gasteiger partial charge in [0.25, 0.3) is 5.56 Å². The van der Waals surface area contributed by atoms with Crippen molar-refractivity contribution in [3.8, 4) is 6.07 Å². The van der Waals surface area contributed by atoms with Crippen molar-refractivity contribution in [2.75, 3.05) is 37.6 Å². The van der Waals surface area contributed by atoms with Gasteiger partial charge in [0.2, 0.25) is 0 Å². The summed E-state index contributed by atoms with van der Waals surface area (Å²) >= 11 is 0. The Morgan fingerprint density at radius 3 is 2.31 bits per heavy atom. The van der Waals surface area contributed by atoms with E-state index in [4.69, 9.17) is 0 Å². The number of nitrogens with zero attached hydrogens (tertiary/aromatic N) is 5. The van der Waals surface area contributed by atoms with Gasteiger partial charge in [-0.15, -0.1) is 0 Å². The highest BCUT2D eigenvalue weighted by Gasteiger charge is 2.20. The van der Waals surface area contributed by atoms with E-state index in [1.807, 2.05) is 24.3 Å². The normalized spacial score (nSPS) is 14.0. The van der Waals surface area contributed by atoms with Crippen LogP contribution in [-0.2, 0) is 20.5 Å². The Balaban J connectivity index is 1.33. The predicted molar refractivity (Wildman–Crippen MR) is 135 cm³/mol. The molecule has 0 amide bonds. The SMILES string of the molecule is Cn1c(N2CCN(CCCc3ccc(C(=O)c4ccccc4)cc3C#N)CC2)cc(=O)n(C)c1=O. The van der Waals surface area contributed by atoms with Gasteiger partial charge in [0.05, 0.1) is 11.6 Å².